The summed E-state index contributed by atoms with van der Waals surface area (Å²) in [5.74, 6) is 1.21. The van der Waals surface area contributed by atoms with Crippen LogP contribution in [0.2, 0.25) is 0 Å². The monoisotopic (exact) mass is 456 g/mol. The molecule has 1 amide bonds. The first-order chi connectivity index (χ1) is 16.7. The van der Waals surface area contributed by atoms with Crippen LogP contribution in [0.4, 0.5) is 0 Å². The van der Waals surface area contributed by atoms with Crippen molar-refractivity contribution in [3.63, 3.8) is 0 Å². The highest BCUT2D eigenvalue weighted by molar-refractivity contribution is 5.91. The van der Waals surface area contributed by atoms with Crippen LogP contribution < -0.4 is 5.32 Å². The van der Waals surface area contributed by atoms with Gasteiger partial charge in [-0.2, -0.15) is 0 Å². The van der Waals surface area contributed by atoms with Gasteiger partial charge >= 0.3 is 11.8 Å². The van der Waals surface area contributed by atoms with Crippen LogP contribution in [0, 0.1) is 0 Å². The standard InChI is InChI=1S/C25H24N6O3/c1-14-10-13-31(25(32)24-30-29-23(34-24)22-27-11-5-12-28-22)20(19(14)26-2)21-18(15-8-9-15)16-6-3-4-7-17(16)33-21/h3-7,11-12,15,20,26H,8-10,13H2,1-2H3/t20-/m0/s1. The van der Waals surface area contributed by atoms with Gasteiger partial charge in [0.2, 0.25) is 5.82 Å². The predicted octanol–water partition coefficient (Wildman–Crippen LogP) is 4.23. The van der Waals surface area contributed by atoms with Gasteiger partial charge in [-0.25, -0.2) is 9.97 Å². The third-order valence-electron chi connectivity index (χ3n) is 6.56. The molecule has 1 aromatic carbocycles. The molecule has 9 heteroatoms. The van der Waals surface area contributed by atoms with Gasteiger partial charge < -0.3 is 19.1 Å². The SMILES string of the molecule is CNC1=C(C)CCN(C(=O)c2nnc(-c3ncccn3)o2)[C@@H]1c1oc2ccccc2c1C1CC1. The normalized spacial score (nSPS) is 18.5. The van der Waals surface area contributed by atoms with Crippen molar-refractivity contribution >= 4 is 16.9 Å². The molecule has 3 aromatic heterocycles. The molecule has 1 aliphatic heterocycles. The average molecular weight is 457 g/mol. The van der Waals surface area contributed by atoms with Crippen LogP contribution >= 0.6 is 0 Å². The maximum absolute atomic E-state index is 13.7. The number of nitrogens with one attached hydrogen (secondary N) is 1. The van der Waals surface area contributed by atoms with Gasteiger partial charge in [0, 0.05) is 42.6 Å². The van der Waals surface area contributed by atoms with E-state index in [1.807, 2.05) is 25.2 Å². The topological polar surface area (TPSA) is 110 Å². The number of furan rings is 1. The molecule has 1 N–H and O–H groups in total. The minimum Gasteiger partial charge on any atom is -0.458 e. The first-order valence-electron chi connectivity index (χ1n) is 11.5. The van der Waals surface area contributed by atoms with Crippen molar-refractivity contribution in [3.8, 4) is 11.7 Å². The Morgan fingerprint density at radius 1 is 1.09 bits per heavy atom. The minimum absolute atomic E-state index is 0.0912. The Morgan fingerprint density at radius 3 is 2.65 bits per heavy atom. The van der Waals surface area contributed by atoms with Crippen molar-refractivity contribution in [2.24, 2.45) is 0 Å². The Morgan fingerprint density at radius 2 is 1.88 bits per heavy atom. The van der Waals surface area contributed by atoms with E-state index in [2.05, 4.69) is 38.5 Å². The highest BCUT2D eigenvalue weighted by Crippen LogP contribution is 2.50. The molecule has 0 bridgehead atoms. The zero-order chi connectivity index (χ0) is 23.2. The molecule has 6 rings (SSSR count). The third kappa shape index (κ3) is 3.35. The Bertz CT molecular complexity index is 1400. The number of amides is 1. The van der Waals surface area contributed by atoms with Gasteiger partial charge in [0.25, 0.3) is 5.89 Å². The van der Waals surface area contributed by atoms with Gasteiger partial charge in [-0.3, -0.25) is 4.79 Å². The minimum atomic E-state index is -0.405. The van der Waals surface area contributed by atoms with E-state index in [9.17, 15) is 4.79 Å². The zero-order valence-electron chi connectivity index (χ0n) is 19.0. The summed E-state index contributed by atoms with van der Waals surface area (Å²) in [4.78, 5) is 23.7. The molecule has 0 unspecified atom stereocenters. The van der Waals surface area contributed by atoms with E-state index in [4.69, 9.17) is 8.83 Å². The number of fused-ring (bicyclic) bond motifs is 1. The van der Waals surface area contributed by atoms with Gasteiger partial charge in [-0.1, -0.05) is 18.2 Å². The second kappa shape index (κ2) is 8.09. The number of carbonyl (C=O) groups is 1. The van der Waals surface area contributed by atoms with Gasteiger partial charge in [0.15, 0.2) is 0 Å². The van der Waals surface area contributed by atoms with Gasteiger partial charge in [0.1, 0.15) is 17.4 Å². The Hall–Kier alpha value is -4.01. The summed E-state index contributed by atoms with van der Waals surface area (Å²) < 4.78 is 12.2. The van der Waals surface area contributed by atoms with E-state index in [-0.39, 0.29) is 23.5 Å². The molecule has 4 heterocycles. The summed E-state index contributed by atoms with van der Waals surface area (Å²) >= 11 is 0. The third-order valence-corrected chi connectivity index (χ3v) is 6.56. The molecule has 1 atom stereocenters. The molecule has 1 aliphatic carbocycles. The fourth-order valence-corrected chi connectivity index (χ4v) is 4.80. The summed E-state index contributed by atoms with van der Waals surface area (Å²) in [5, 5.41) is 12.5. The van der Waals surface area contributed by atoms with Gasteiger partial charge in [0.05, 0.1) is 0 Å². The Balaban J connectivity index is 1.44. The summed E-state index contributed by atoms with van der Waals surface area (Å²) in [6, 6.07) is 9.38. The molecule has 4 aromatic rings. The summed E-state index contributed by atoms with van der Waals surface area (Å²) in [6.07, 6.45) is 6.16. The Labute approximate surface area is 195 Å². The summed E-state index contributed by atoms with van der Waals surface area (Å²) in [7, 11) is 1.89. The summed E-state index contributed by atoms with van der Waals surface area (Å²) in [5.41, 5.74) is 4.20. The fourth-order valence-electron chi connectivity index (χ4n) is 4.80. The maximum Gasteiger partial charge on any atom is 0.312 e. The van der Waals surface area contributed by atoms with E-state index in [0.717, 1.165) is 41.7 Å². The number of nitrogens with zero attached hydrogens (tertiary/aromatic N) is 5. The molecule has 0 saturated heterocycles. The lowest BCUT2D eigenvalue weighted by Gasteiger charge is -2.37. The van der Waals surface area contributed by atoms with E-state index in [1.54, 1.807) is 23.4 Å². The van der Waals surface area contributed by atoms with Crippen LogP contribution in [0.15, 0.2) is 62.8 Å². The smallest absolute Gasteiger partial charge is 0.312 e. The Kier molecular flexibility index (Phi) is 4.90. The van der Waals surface area contributed by atoms with Gasteiger partial charge in [-0.05, 0) is 49.8 Å². The molecule has 1 saturated carbocycles. The first kappa shape index (κ1) is 20.6. The highest BCUT2D eigenvalue weighted by atomic mass is 16.4. The highest BCUT2D eigenvalue weighted by Gasteiger charge is 2.42. The van der Waals surface area contributed by atoms with E-state index in [1.165, 1.54) is 11.1 Å². The van der Waals surface area contributed by atoms with Crippen LogP contribution in [0.3, 0.4) is 0 Å². The zero-order valence-corrected chi connectivity index (χ0v) is 19.0. The lowest BCUT2D eigenvalue weighted by Crippen LogP contribution is -2.42. The number of likely N-dealkylation sites (N-methyl/N-ethyl adjacent to an activating group) is 1. The van der Waals surface area contributed by atoms with Crippen molar-refractivity contribution < 1.29 is 13.6 Å². The second-order valence-electron chi connectivity index (χ2n) is 8.73. The lowest BCUT2D eigenvalue weighted by atomic mass is 9.93. The van der Waals surface area contributed by atoms with E-state index in [0.29, 0.717) is 12.5 Å². The quantitative estimate of drug-likeness (QED) is 0.475. The first-order valence-corrected chi connectivity index (χ1v) is 11.5. The maximum atomic E-state index is 13.7. The van der Waals surface area contributed by atoms with Crippen LogP contribution in [0.1, 0.15) is 60.2 Å². The predicted molar refractivity (Wildman–Crippen MR) is 124 cm³/mol. The largest absolute Gasteiger partial charge is 0.458 e. The molecular weight excluding hydrogens is 432 g/mol. The molecule has 1 fully saturated rings. The van der Waals surface area contributed by atoms with Crippen LogP contribution in [-0.4, -0.2) is 44.6 Å². The van der Waals surface area contributed by atoms with E-state index < -0.39 is 6.04 Å². The molecule has 9 nitrogen and oxygen atoms in total. The molecule has 172 valence electrons. The number of para-hydroxylation sites is 1. The van der Waals surface area contributed by atoms with Crippen molar-refractivity contribution in [1.29, 1.82) is 0 Å². The number of hydrogen-bond donors (Lipinski definition) is 1. The van der Waals surface area contributed by atoms with E-state index >= 15 is 0 Å². The molecule has 34 heavy (non-hydrogen) atoms. The fraction of sp³-hybridized carbons (Fsp3) is 0.320. The molecule has 0 radical (unpaired) electrons. The second-order valence-corrected chi connectivity index (χ2v) is 8.73. The molecule has 2 aliphatic rings. The van der Waals surface area contributed by atoms with Crippen LogP contribution in [0.5, 0.6) is 0 Å². The number of rotatable bonds is 5. The number of hydrogen-bond acceptors (Lipinski definition) is 8. The number of carbonyl (C=O) groups excluding carboxylic acids is 1. The number of aromatic nitrogens is 4. The van der Waals surface area contributed by atoms with Crippen LogP contribution in [-0.2, 0) is 0 Å². The van der Waals surface area contributed by atoms with Crippen LogP contribution in [0.25, 0.3) is 22.7 Å². The molecule has 0 spiro atoms. The van der Waals surface area contributed by atoms with Gasteiger partial charge in [-0.15, -0.1) is 10.2 Å². The van der Waals surface area contributed by atoms with Crippen molar-refractivity contribution in [2.75, 3.05) is 13.6 Å². The lowest BCUT2D eigenvalue weighted by molar-refractivity contribution is 0.0626. The average Bonchev–Trinajstić information content (AvgIpc) is 3.45. The summed E-state index contributed by atoms with van der Waals surface area (Å²) in [6.45, 7) is 2.61. The molecular formula is C25H24N6O3. The van der Waals surface area contributed by atoms with Crippen molar-refractivity contribution in [3.05, 3.63) is 71.2 Å². The van der Waals surface area contributed by atoms with Crippen molar-refractivity contribution in [2.45, 2.75) is 38.1 Å². The van der Waals surface area contributed by atoms with Crippen molar-refractivity contribution in [1.82, 2.24) is 30.4 Å². The number of benzene rings is 1.